The Morgan fingerprint density at radius 3 is 1.22 bits per heavy atom. The average molecular weight is 294 g/mol. The highest BCUT2D eigenvalue weighted by Gasteiger charge is 2.73. The van der Waals surface area contributed by atoms with Crippen LogP contribution < -0.4 is 0 Å². The Hall–Kier alpha value is -0.700. The molecule has 0 aromatic heterocycles. The summed E-state index contributed by atoms with van der Waals surface area (Å²) in [6, 6.07) is 0. The van der Waals surface area contributed by atoms with Crippen molar-refractivity contribution in [2.24, 2.45) is 5.92 Å². The van der Waals surface area contributed by atoms with Gasteiger partial charge in [-0.25, -0.2) is 4.39 Å². The van der Waals surface area contributed by atoms with Crippen molar-refractivity contribution in [2.75, 3.05) is 0 Å². The lowest BCUT2D eigenvalue weighted by Crippen LogP contribution is -2.55. The first-order chi connectivity index (χ1) is 7.67. The summed E-state index contributed by atoms with van der Waals surface area (Å²) in [7, 11) is 0. The molecule has 0 saturated heterocycles. The third-order valence-corrected chi connectivity index (χ3v) is 2.38. The van der Waals surface area contributed by atoms with Gasteiger partial charge in [-0.15, -0.1) is 0 Å². The van der Waals surface area contributed by atoms with E-state index in [9.17, 15) is 43.9 Å². The second-order valence-corrected chi connectivity index (χ2v) is 3.65. The second-order valence-electron chi connectivity index (χ2n) is 3.65. The van der Waals surface area contributed by atoms with Crippen LogP contribution in [0.3, 0.4) is 0 Å². The Bertz CT molecular complexity index is 255. The van der Waals surface area contributed by atoms with E-state index in [4.69, 9.17) is 0 Å². The molecule has 10 heteroatoms. The molecule has 0 aromatic carbocycles. The third-order valence-electron chi connectivity index (χ3n) is 2.38. The normalized spacial score (nSPS) is 16.8. The van der Waals surface area contributed by atoms with Gasteiger partial charge in [0.1, 0.15) is 0 Å². The first-order valence-electron chi connectivity index (χ1n) is 4.56. The molecule has 18 heavy (non-hydrogen) atoms. The van der Waals surface area contributed by atoms with Crippen molar-refractivity contribution < 1.29 is 43.9 Å². The molecule has 0 heterocycles. The maximum atomic E-state index is 13.0. The van der Waals surface area contributed by atoms with E-state index >= 15 is 0 Å². The van der Waals surface area contributed by atoms with E-state index in [-0.39, 0.29) is 0 Å². The number of hydrogen-bond donors (Lipinski definition) is 0. The fourth-order valence-corrected chi connectivity index (χ4v) is 1.22. The van der Waals surface area contributed by atoms with Crippen molar-refractivity contribution in [3.05, 3.63) is 0 Å². The van der Waals surface area contributed by atoms with Crippen LogP contribution in [0.1, 0.15) is 19.8 Å². The van der Waals surface area contributed by atoms with Gasteiger partial charge in [-0.1, -0.05) is 6.92 Å². The molecule has 0 bridgehead atoms. The molecule has 1 atom stereocenters. The molecule has 0 fully saturated rings. The lowest BCUT2D eigenvalue weighted by atomic mass is 9.88. The summed E-state index contributed by atoms with van der Waals surface area (Å²) in [5.41, 5.74) is -5.86. The van der Waals surface area contributed by atoms with Gasteiger partial charge in [0.15, 0.2) is 0 Å². The molecule has 0 nitrogen and oxygen atoms in total. The second kappa shape index (κ2) is 4.76. The Balaban J connectivity index is 5.41. The van der Waals surface area contributed by atoms with Crippen molar-refractivity contribution in [2.45, 2.75) is 44.0 Å². The zero-order chi connectivity index (χ0) is 15.0. The van der Waals surface area contributed by atoms with E-state index in [1.54, 1.807) is 0 Å². The summed E-state index contributed by atoms with van der Waals surface area (Å²) in [5, 5.41) is 0. The van der Waals surface area contributed by atoms with Crippen LogP contribution in [0.5, 0.6) is 0 Å². The Morgan fingerprint density at radius 2 is 1.06 bits per heavy atom. The molecule has 0 saturated carbocycles. The molecule has 0 aliphatic carbocycles. The van der Waals surface area contributed by atoms with E-state index in [1.807, 2.05) is 0 Å². The molecule has 0 N–H and O–H groups in total. The van der Waals surface area contributed by atoms with E-state index in [2.05, 4.69) is 0 Å². The van der Waals surface area contributed by atoms with Crippen LogP contribution >= 0.6 is 0 Å². The molecule has 1 unspecified atom stereocenters. The van der Waals surface area contributed by atoms with E-state index in [0.29, 0.717) is 0 Å². The standard InChI is InChI=1S/C8H8F10/c1-2-4(6(10,11)12)3-5(9,7(13,14)15)8(16,17)18/h4H,2-3H2,1H3. The lowest BCUT2D eigenvalue weighted by molar-refractivity contribution is -0.352. The Morgan fingerprint density at radius 1 is 0.722 bits per heavy atom. The van der Waals surface area contributed by atoms with Crippen LogP contribution in [0, 0.1) is 5.92 Å². The maximum Gasteiger partial charge on any atom is 0.431 e. The van der Waals surface area contributed by atoms with Crippen molar-refractivity contribution in [3.63, 3.8) is 0 Å². The van der Waals surface area contributed by atoms with Crippen LogP contribution in [-0.4, -0.2) is 24.2 Å². The molecular formula is C8H8F10. The number of hydrogen-bond acceptors (Lipinski definition) is 0. The van der Waals surface area contributed by atoms with Gasteiger partial charge in [0.05, 0.1) is 5.92 Å². The summed E-state index contributed by atoms with van der Waals surface area (Å²) in [6.07, 6.45) is -22.0. The molecule has 110 valence electrons. The van der Waals surface area contributed by atoms with E-state index < -0.39 is 43.0 Å². The fourth-order valence-electron chi connectivity index (χ4n) is 1.22. The first-order valence-corrected chi connectivity index (χ1v) is 4.56. The van der Waals surface area contributed by atoms with Crippen LogP contribution in [0.15, 0.2) is 0 Å². The molecule has 0 aliphatic rings. The SMILES string of the molecule is CCC(CC(F)(C(F)(F)F)C(F)(F)F)C(F)(F)F. The lowest BCUT2D eigenvalue weighted by Gasteiger charge is -2.33. The Kier molecular flexibility index (Phi) is 4.58. The van der Waals surface area contributed by atoms with Crippen molar-refractivity contribution in [1.29, 1.82) is 0 Å². The monoisotopic (exact) mass is 294 g/mol. The smallest absolute Gasteiger partial charge is 0.224 e. The van der Waals surface area contributed by atoms with Crippen LogP contribution in [0.2, 0.25) is 0 Å². The molecule has 0 spiro atoms. The molecule has 0 rings (SSSR count). The largest absolute Gasteiger partial charge is 0.431 e. The zero-order valence-electron chi connectivity index (χ0n) is 8.77. The van der Waals surface area contributed by atoms with Gasteiger partial charge in [-0.2, -0.15) is 39.5 Å². The summed E-state index contributed by atoms with van der Waals surface area (Å²) >= 11 is 0. The molecule has 0 aliphatic heterocycles. The summed E-state index contributed by atoms with van der Waals surface area (Å²) in [4.78, 5) is 0. The summed E-state index contributed by atoms with van der Waals surface area (Å²) in [6.45, 7) is 0.728. The van der Waals surface area contributed by atoms with Gasteiger partial charge in [-0.05, 0) is 6.42 Å². The summed E-state index contributed by atoms with van der Waals surface area (Å²) < 4.78 is 122. The van der Waals surface area contributed by atoms with Crippen molar-refractivity contribution in [3.8, 4) is 0 Å². The predicted molar refractivity (Wildman–Crippen MR) is 40.4 cm³/mol. The van der Waals surface area contributed by atoms with E-state index in [1.165, 1.54) is 0 Å². The Labute approximate surface area is 94.9 Å². The quantitative estimate of drug-likeness (QED) is 0.656. The van der Waals surface area contributed by atoms with Crippen molar-refractivity contribution >= 4 is 0 Å². The van der Waals surface area contributed by atoms with Crippen LogP contribution in [0.25, 0.3) is 0 Å². The highest BCUT2D eigenvalue weighted by Crippen LogP contribution is 2.52. The van der Waals surface area contributed by atoms with E-state index in [0.717, 1.165) is 6.92 Å². The van der Waals surface area contributed by atoms with Gasteiger partial charge in [0.25, 0.3) is 5.67 Å². The number of alkyl halides is 10. The van der Waals surface area contributed by atoms with Gasteiger partial charge in [0.2, 0.25) is 0 Å². The zero-order valence-corrected chi connectivity index (χ0v) is 8.77. The van der Waals surface area contributed by atoms with Crippen LogP contribution in [-0.2, 0) is 0 Å². The van der Waals surface area contributed by atoms with Crippen molar-refractivity contribution in [1.82, 2.24) is 0 Å². The first kappa shape index (κ1) is 17.3. The minimum absolute atomic E-state index is 0.728. The van der Waals surface area contributed by atoms with Gasteiger partial charge < -0.3 is 0 Å². The molecule has 0 aromatic rings. The highest BCUT2D eigenvalue weighted by molar-refractivity contribution is 4.96. The average Bonchev–Trinajstić information content (AvgIpc) is 2.07. The molecule has 0 radical (unpaired) electrons. The predicted octanol–water partition coefficient (Wildman–Crippen LogP) is 4.80. The topological polar surface area (TPSA) is 0 Å². The molecule has 0 amide bonds. The highest BCUT2D eigenvalue weighted by atomic mass is 19.4. The number of rotatable bonds is 3. The minimum Gasteiger partial charge on any atom is -0.224 e. The van der Waals surface area contributed by atoms with Gasteiger partial charge in [0, 0.05) is 6.42 Å². The number of halogens is 10. The van der Waals surface area contributed by atoms with Gasteiger partial charge >= 0.3 is 18.5 Å². The summed E-state index contributed by atoms with van der Waals surface area (Å²) in [5.74, 6) is -3.02. The van der Waals surface area contributed by atoms with Gasteiger partial charge in [-0.3, -0.25) is 0 Å². The molecular weight excluding hydrogens is 286 g/mol. The third kappa shape index (κ3) is 3.41. The maximum absolute atomic E-state index is 13.0. The minimum atomic E-state index is -6.45. The van der Waals surface area contributed by atoms with Crippen LogP contribution in [0.4, 0.5) is 43.9 Å². The fraction of sp³-hybridized carbons (Fsp3) is 1.00.